The molecule has 0 saturated heterocycles. The Balaban J connectivity index is 1.65. The van der Waals surface area contributed by atoms with E-state index in [4.69, 9.17) is 14.0 Å². The molecule has 7 heteroatoms. The molecule has 5 rings (SSSR count). The maximum Gasteiger partial charge on any atom is 0.349 e. The molecule has 0 fully saturated rings. The summed E-state index contributed by atoms with van der Waals surface area (Å²) in [5, 5.41) is 6.50. The van der Waals surface area contributed by atoms with Gasteiger partial charge >= 0.3 is 7.60 Å². The summed E-state index contributed by atoms with van der Waals surface area (Å²) in [5.41, 5.74) is 5.08. The molecule has 0 saturated carbocycles. The highest BCUT2D eigenvalue weighted by atomic mass is 31.2. The van der Waals surface area contributed by atoms with Gasteiger partial charge in [-0.15, -0.1) is 0 Å². The predicted molar refractivity (Wildman–Crippen MR) is 147 cm³/mol. The smallest absolute Gasteiger partial charge is 0.349 e. The van der Waals surface area contributed by atoms with E-state index in [-0.39, 0.29) is 6.29 Å². The molecule has 0 aliphatic rings. The molecular weight excluding hydrogens is 469 g/mol. The Labute approximate surface area is 210 Å². The first-order valence-corrected chi connectivity index (χ1v) is 13.8. The van der Waals surface area contributed by atoms with Crippen molar-refractivity contribution < 1.29 is 13.6 Å². The fourth-order valence-electron chi connectivity index (χ4n) is 4.40. The number of benzene rings is 3. The van der Waals surface area contributed by atoms with Crippen molar-refractivity contribution >= 4 is 35.1 Å². The number of hydrogen-bond donors (Lipinski definition) is 1. The van der Waals surface area contributed by atoms with Gasteiger partial charge in [-0.1, -0.05) is 48.5 Å². The Morgan fingerprint density at radius 3 is 2.39 bits per heavy atom. The summed E-state index contributed by atoms with van der Waals surface area (Å²) < 4.78 is 23.8. The monoisotopic (exact) mass is 497 g/mol. The lowest BCUT2D eigenvalue weighted by atomic mass is 9.93. The van der Waals surface area contributed by atoms with Gasteiger partial charge in [-0.2, -0.15) is 0 Å². The minimum Gasteiger partial charge on any atom is -0.359 e. The van der Waals surface area contributed by atoms with Crippen molar-refractivity contribution in [2.45, 2.75) is 13.8 Å². The Morgan fingerprint density at radius 2 is 1.61 bits per heavy atom. The lowest BCUT2D eigenvalue weighted by Gasteiger charge is -2.18. The van der Waals surface area contributed by atoms with E-state index < -0.39 is 7.60 Å². The van der Waals surface area contributed by atoms with Crippen molar-refractivity contribution in [1.29, 1.82) is 0 Å². The summed E-state index contributed by atoms with van der Waals surface area (Å²) in [6.07, 6.45) is 3.69. The van der Waals surface area contributed by atoms with Gasteiger partial charge in [0.05, 0.1) is 18.7 Å². The molecule has 1 N–H and O–H groups in total. The van der Waals surface area contributed by atoms with Crippen LogP contribution in [0.25, 0.3) is 43.9 Å². The lowest BCUT2D eigenvalue weighted by Crippen LogP contribution is -2.09. The minimum absolute atomic E-state index is 0.0462. The molecule has 0 amide bonds. The molecule has 0 aliphatic heterocycles. The van der Waals surface area contributed by atoms with E-state index in [0.717, 1.165) is 38.5 Å². The van der Waals surface area contributed by atoms with E-state index in [2.05, 4.69) is 64.9 Å². The highest BCUT2D eigenvalue weighted by Crippen LogP contribution is 2.47. The van der Waals surface area contributed by atoms with Gasteiger partial charge in [0.1, 0.15) is 12.1 Å². The largest absolute Gasteiger partial charge is 0.359 e. The molecular formula is C29H28N3O3P. The molecule has 2 heterocycles. The van der Waals surface area contributed by atoms with Crippen LogP contribution in [0, 0.1) is 0 Å². The van der Waals surface area contributed by atoms with Crippen molar-refractivity contribution in [3.05, 3.63) is 91.3 Å². The van der Waals surface area contributed by atoms with Crippen molar-refractivity contribution in [1.82, 2.24) is 9.97 Å². The second-order valence-electron chi connectivity index (χ2n) is 8.34. The summed E-state index contributed by atoms with van der Waals surface area (Å²) in [4.78, 5) is 9.27. The van der Waals surface area contributed by atoms with E-state index in [1.807, 2.05) is 30.5 Å². The number of fused-ring (bicyclic) bond motifs is 2. The zero-order valence-corrected chi connectivity index (χ0v) is 21.2. The van der Waals surface area contributed by atoms with Gasteiger partial charge in [-0.05, 0) is 66.1 Å². The van der Waals surface area contributed by atoms with Gasteiger partial charge in [-0.3, -0.25) is 9.55 Å². The molecule has 6 nitrogen and oxygen atoms in total. The number of nitrogens with zero attached hydrogens (tertiary/aromatic N) is 2. The van der Waals surface area contributed by atoms with E-state index in [0.29, 0.717) is 19.0 Å². The SMILES string of the molecule is CCOP(=O)(CNc1ccc2cc(-c3cccnc3)cc(-c3cccc4ccccc34)c2n1)OCC. The third kappa shape index (κ3) is 5.02. The van der Waals surface area contributed by atoms with Crippen molar-refractivity contribution in [2.24, 2.45) is 0 Å². The molecule has 0 atom stereocenters. The third-order valence-corrected chi connectivity index (χ3v) is 7.82. The van der Waals surface area contributed by atoms with Crippen LogP contribution in [0.5, 0.6) is 0 Å². The second-order valence-corrected chi connectivity index (χ2v) is 10.4. The Hall–Kier alpha value is -3.57. The molecule has 0 aliphatic carbocycles. The topological polar surface area (TPSA) is 73.3 Å². The van der Waals surface area contributed by atoms with E-state index in [1.165, 1.54) is 5.39 Å². The lowest BCUT2D eigenvalue weighted by molar-refractivity contribution is 0.221. The fourth-order valence-corrected chi connectivity index (χ4v) is 5.80. The number of pyridine rings is 2. The van der Waals surface area contributed by atoms with Crippen LogP contribution < -0.4 is 5.32 Å². The molecule has 0 unspecified atom stereocenters. The van der Waals surface area contributed by atoms with Crippen molar-refractivity contribution in [3.63, 3.8) is 0 Å². The van der Waals surface area contributed by atoms with E-state index in [1.54, 1.807) is 20.0 Å². The Kier molecular flexibility index (Phi) is 7.10. The van der Waals surface area contributed by atoms with Crippen LogP contribution in [-0.4, -0.2) is 29.5 Å². The Morgan fingerprint density at radius 1 is 0.806 bits per heavy atom. The average molecular weight is 498 g/mol. The Bertz CT molecular complexity index is 1540. The van der Waals surface area contributed by atoms with E-state index >= 15 is 0 Å². The molecule has 0 bridgehead atoms. The van der Waals surface area contributed by atoms with Crippen LogP contribution >= 0.6 is 7.60 Å². The molecule has 182 valence electrons. The predicted octanol–water partition coefficient (Wildman–Crippen LogP) is 7.75. The quantitative estimate of drug-likeness (QED) is 0.210. The standard InChI is InChI=1S/C29H28N3O3P/c1-3-34-36(33,35-4-2)20-31-28-15-14-22-17-24(23-11-8-16-30-19-23)18-27(29(22)32-28)26-13-7-10-21-9-5-6-12-25(21)26/h5-19H,3-4,20H2,1-2H3,(H,31,32). The van der Waals surface area contributed by atoms with Gasteiger partial charge in [0.2, 0.25) is 0 Å². The van der Waals surface area contributed by atoms with Gasteiger partial charge in [0, 0.05) is 28.9 Å². The van der Waals surface area contributed by atoms with Gasteiger partial charge in [-0.25, -0.2) is 4.98 Å². The summed E-state index contributed by atoms with van der Waals surface area (Å²) in [7, 11) is -3.25. The van der Waals surface area contributed by atoms with Crippen LogP contribution in [0.1, 0.15) is 13.8 Å². The van der Waals surface area contributed by atoms with Gasteiger partial charge < -0.3 is 14.4 Å². The molecule has 36 heavy (non-hydrogen) atoms. The minimum atomic E-state index is -3.25. The maximum atomic E-state index is 12.9. The zero-order chi connectivity index (χ0) is 25.0. The first-order valence-electron chi connectivity index (χ1n) is 12.1. The van der Waals surface area contributed by atoms with Crippen molar-refractivity contribution in [3.8, 4) is 22.3 Å². The summed E-state index contributed by atoms with van der Waals surface area (Å²) >= 11 is 0. The van der Waals surface area contributed by atoms with Crippen LogP contribution in [0.2, 0.25) is 0 Å². The summed E-state index contributed by atoms with van der Waals surface area (Å²) in [5.74, 6) is 0.609. The van der Waals surface area contributed by atoms with Crippen LogP contribution in [0.4, 0.5) is 5.82 Å². The van der Waals surface area contributed by atoms with Crippen LogP contribution in [0.3, 0.4) is 0 Å². The van der Waals surface area contributed by atoms with Gasteiger partial charge in [0.15, 0.2) is 0 Å². The van der Waals surface area contributed by atoms with Crippen LogP contribution in [0.15, 0.2) is 91.3 Å². The zero-order valence-electron chi connectivity index (χ0n) is 20.3. The van der Waals surface area contributed by atoms with E-state index in [9.17, 15) is 4.57 Å². The number of anilines is 1. The molecule has 0 radical (unpaired) electrons. The molecule has 5 aromatic rings. The highest BCUT2D eigenvalue weighted by molar-refractivity contribution is 7.53. The third-order valence-electron chi connectivity index (χ3n) is 5.97. The highest BCUT2D eigenvalue weighted by Gasteiger charge is 2.23. The number of rotatable bonds is 9. The normalized spacial score (nSPS) is 11.7. The molecule has 2 aromatic heterocycles. The second kappa shape index (κ2) is 10.6. The number of aromatic nitrogens is 2. The van der Waals surface area contributed by atoms with Crippen LogP contribution in [-0.2, 0) is 13.6 Å². The summed E-state index contributed by atoms with van der Waals surface area (Å²) in [6.45, 7) is 4.23. The molecule has 3 aromatic carbocycles. The number of hydrogen-bond acceptors (Lipinski definition) is 6. The first kappa shape index (κ1) is 24.1. The van der Waals surface area contributed by atoms with Crippen molar-refractivity contribution in [2.75, 3.05) is 24.8 Å². The van der Waals surface area contributed by atoms with Gasteiger partial charge in [0.25, 0.3) is 0 Å². The molecule has 0 spiro atoms. The number of nitrogens with one attached hydrogen (secondary N) is 1. The fraction of sp³-hybridized carbons (Fsp3) is 0.172. The average Bonchev–Trinajstić information content (AvgIpc) is 2.92. The maximum absolute atomic E-state index is 12.9. The first-order chi connectivity index (χ1) is 17.6. The summed E-state index contributed by atoms with van der Waals surface area (Å²) in [6, 6.07) is 26.9.